The van der Waals surface area contributed by atoms with Gasteiger partial charge in [-0.15, -0.1) is 0 Å². The van der Waals surface area contributed by atoms with Crippen LogP contribution in [0.3, 0.4) is 0 Å². The molecule has 1 aliphatic rings. The van der Waals surface area contributed by atoms with Crippen LogP contribution >= 0.6 is 0 Å². The maximum absolute atomic E-state index is 12.1. The second-order valence-electron chi connectivity index (χ2n) is 6.53. The summed E-state index contributed by atoms with van der Waals surface area (Å²) in [6.07, 6.45) is 0.295. The number of phenols is 2. The van der Waals surface area contributed by atoms with Gasteiger partial charge in [-0.3, -0.25) is 4.90 Å². The van der Waals surface area contributed by atoms with Gasteiger partial charge >= 0.3 is 12.1 Å². The van der Waals surface area contributed by atoms with Crippen LogP contribution in [0.1, 0.15) is 18.1 Å². The number of hydrogen-bond acceptors (Lipinski definition) is 6. The minimum Gasteiger partial charge on any atom is -0.508 e. The van der Waals surface area contributed by atoms with Gasteiger partial charge in [0.15, 0.2) is 6.04 Å². The molecule has 148 valence electrons. The Morgan fingerprint density at radius 1 is 1.21 bits per heavy atom. The average Bonchev–Trinajstić information content (AvgIpc) is 3.06. The number of amides is 1. The number of aromatic hydroxyl groups is 2. The predicted octanol–water partition coefficient (Wildman–Crippen LogP) is 2.86. The normalized spacial score (nSPS) is 16.1. The van der Waals surface area contributed by atoms with Crippen LogP contribution in [0.2, 0.25) is 0 Å². The summed E-state index contributed by atoms with van der Waals surface area (Å²) in [5.41, 5.74) is 2.84. The van der Waals surface area contributed by atoms with Gasteiger partial charge in [-0.25, -0.2) is 9.59 Å². The first-order valence-electron chi connectivity index (χ1n) is 9.11. The van der Waals surface area contributed by atoms with E-state index < -0.39 is 18.1 Å². The maximum atomic E-state index is 12.1. The van der Waals surface area contributed by atoms with Crippen molar-refractivity contribution in [1.82, 2.24) is 4.90 Å². The minimum absolute atomic E-state index is 0.00296. The molecule has 1 amide bonds. The monoisotopic (exact) mass is 385 g/mol. The van der Waals surface area contributed by atoms with Crippen LogP contribution in [0, 0.1) is 0 Å². The summed E-state index contributed by atoms with van der Waals surface area (Å²) in [6, 6.07) is 9.89. The third-order valence-electron chi connectivity index (χ3n) is 4.97. The van der Waals surface area contributed by atoms with Crippen molar-refractivity contribution in [2.45, 2.75) is 25.8 Å². The number of esters is 1. The molecule has 28 heavy (non-hydrogen) atoms. The Labute approximate surface area is 163 Å². The summed E-state index contributed by atoms with van der Waals surface area (Å²) < 4.78 is 9.74. The van der Waals surface area contributed by atoms with Crippen molar-refractivity contribution in [3.05, 3.63) is 47.5 Å². The molecular formula is C21H23NO6. The number of ether oxygens (including phenoxy) is 2. The molecular weight excluding hydrogens is 362 g/mol. The zero-order valence-electron chi connectivity index (χ0n) is 15.8. The lowest BCUT2D eigenvalue weighted by Crippen LogP contribution is -2.41. The highest BCUT2D eigenvalue weighted by molar-refractivity contribution is 5.84. The number of carbonyl (C=O) groups is 2. The van der Waals surface area contributed by atoms with Gasteiger partial charge in [-0.1, -0.05) is 37.3 Å². The zero-order chi connectivity index (χ0) is 20.3. The van der Waals surface area contributed by atoms with E-state index in [9.17, 15) is 19.8 Å². The van der Waals surface area contributed by atoms with Gasteiger partial charge < -0.3 is 19.7 Å². The third kappa shape index (κ3) is 3.60. The molecule has 7 nitrogen and oxygen atoms in total. The van der Waals surface area contributed by atoms with Crippen molar-refractivity contribution in [3.63, 3.8) is 0 Å². The molecule has 0 saturated carbocycles. The van der Waals surface area contributed by atoms with Crippen LogP contribution in [0.25, 0.3) is 11.1 Å². The van der Waals surface area contributed by atoms with Crippen LogP contribution in [0.5, 0.6) is 11.5 Å². The lowest BCUT2D eigenvalue weighted by Gasteiger charge is -2.22. The molecule has 1 heterocycles. The second-order valence-corrected chi connectivity index (χ2v) is 6.53. The average molecular weight is 385 g/mol. The molecule has 3 rings (SSSR count). The quantitative estimate of drug-likeness (QED) is 0.743. The van der Waals surface area contributed by atoms with Crippen molar-refractivity contribution in [3.8, 4) is 22.6 Å². The SMILES string of the molecule is CCc1c(O)cc(O)c(-c2ccccc2)c1CCN1C(=O)OCC1C(=O)OC. The summed E-state index contributed by atoms with van der Waals surface area (Å²) in [5, 5.41) is 20.9. The molecule has 0 aliphatic carbocycles. The van der Waals surface area contributed by atoms with Crippen LogP contribution in [-0.2, 0) is 27.1 Å². The van der Waals surface area contributed by atoms with E-state index in [-0.39, 0.29) is 24.7 Å². The van der Waals surface area contributed by atoms with Gasteiger partial charge in [0.1, 0.15) is 18.1 Å². The number of rotatable bonds is 6. The molecule has 1 saturated heterocycles. The van der Waals surface area contributed by atoms with Crippen molar-refractivity contribution in [2.24, 2.45) is 0 Å². The fourth-order valence-corrected chi connectivity index (χ4v) is 3.61. The van der Waals surface area contributed by atoms with Crippen LogP contribution in [0.15, 0.2) is 36.4 Å². The molecule has 1 fully saturated rings. The number of methoxy groups -OCH3 is 1. The van der Waals surface area contributed by atoms with E-state index in [1.54, 1.807) is 0 Å². The summed E-state index contributed by atoms with van der Waals surface area (Å²) >= 11 is 0. The first-order chi connectivity index (χ1) is 13.5. The maximum Gasteiger partial charge on any atom is 0.410 e. The van der Waals surface area contributed by atoms with Crippen molar-refractivity contribution < 1.29 is 29.3 Å². The first kappa shape index (κ1) is 19.5. The Morgan fingerprint density at radius 2 is 1.93 bits per heavy atom. The summed E-state index contributed by atoms with van der Waals surface area (Å²) in [5.74, 6) is -0.573. The molecule has 1 unspecified atom stereocenters. The molecule has 1 atom stereocenters. The van der Waals surface area contributed by atoms with Crippen molar-refractivity contribution in [1.29, 1.82) is 0 Å². The Morgan fingerprint density at radius 3 is 2.57 bits per heavy atom. The lowest BCUT2D eigenvalue weighted by atomic mass is 9.90. The Balaban J connectivity index is 1.99. The topological polar surface area (TPSA) is 96.3 Å². The van der Waals surface area contributed by atoms with Gasteiger partial charge in [-0.05, 0) is 29.5 Å². The van der Waals surface area contributed by atoms with Crippen LogP contribution in [-0.4, -0.2) is 53.5 Å². The smallest absolute Gasteiger partial charge is 0.410 e. The van der Waals surface area contributed by atoms with Gasteiger partial charge in [0.25, 0.3) is 0 Å². The Bertz CT molecular complexity index is 880. The fraction of sp³-hybridized carbons (Fsp3) is 0.333. The largest absolute Gasteiger partial charge is 0.508 e. The van der Waals surface area contributed by atoms with E-state index >= 15 is 0 Å². The molecule has 0 bridgehead atoms. The number of cyclic esters (lactones) is 1. The number of benzene rings is 2. The Hall–Kier alpha value is -3.22. The predicted molar refractivity (Wildman–Crippen MR) is 102 cm³/mol. The number of carbonyl (C=O) groups excluding carboxylic acids is 2. The van der Waals surface area contributed by atoms with Crippen LogP contribution < -0.4 is 0 Å². The molecule has 2 N–H and O–H groups in total. The van der Waals surface area contributed by atoms with Gasteiger partial charge in [0, 0.05) is 18.2 Å². The summed E-state index contributed by atoms with van der Waals surface area (Å²) in [6.45, 7) is 2.04. The highest BCUT2D eigenvalue weighted by atomic mass is 16.6. The number of hydrogen-bond donors (Lipinski definition) is 2. The van der Waals surface area contributed by atoms with E-state index in [4.69, 9.17) is 9.47 Å². The summed E-state index contributed by atoms with van der Waals surface area (Å²) in [7, 11) is 1.26. The molecule has 2 aromatic carbocycles. The number of nitrogens with zero attached hydrogens (tertiary/aromatic N) is 1. The zero-order valence-corrected chi connectivity index (χ0v) is 15.8. The number of phenolic OH excluding ortho intramolecular Hbond substituents is 2. The van der Waals surface area contributed by atoms with Gasteiger partial charge in [-0.2, -0.15) is 0 Å². The van der Waals surface area contributed by atoms with Gasteiger partial charge in [0.2, 0.25) is 0 Å². The van der Waals surface area contributed by atoms with Gasteiger partial charge in [0.05, 0.1) is 7.11 Å². The van der Waals surface area contributed by atoms with Crippen LogP contribution in [0.4, 0.5) is 4.79 Å². The highest BCUT2D eigenvalue weighted by Crippen LogP contribution is 2.40. The molecule has 0 aromatic heterocycles. The minimum atomic E-state index is -0.798. The van der Waals surface area contributed by atoms with E-state index in [1.165, 1.54) is 18.1 Å². The fourth-order valence-electron chi connectivity index (χ4n) is 3.61. The van der Waals surface area contributed by atoms with E-state index in [2.05, 4.69) is 0 Å². The molecule has 2 aromatic rings. The second kappa shape index (κ2) is 8.21. The van der Waals surface area contributed by atoms with E-state index in [0.717, 1.165) is 11.1 Å². The summed E-state index contributed by atoms with van der Waals surface area (Å²) in [4.78, 5) is 25.3. The standard InChI is InChI=1S/C21H23NO6/c1-3-14-15(9-10-22-16(20(25)27-2)12-28-21(22)26)19(18(24)11-17(14)23)13-7-5-4-6-8-13/h4-8,11,16,23-24H,3,9-10,12H2,1-2H3. The van der Waals surface area contributed by atoms with E-state index in [1.807, 2.05) is 37.3 Å². The third-order valence-corrected chi connectivity index (χ3v) is 4.97. The first-order valence-corrected chi connectivity index (χ1v) is 9.11. The lowest BCUT2D eigenvalue weighted by molar-refractivity contribution is -0.145. The molecule has 7 heteroatoms. The highest BCUT2D eigenvalue weighted by Gasteiger charge is 2.38. The van der Waals surface area contributed by atoms with E-state index in [0.29, 0.717) is 24.0 Å². The molecule has 0 radical (unpaired) electrons. The Kier molecular flexibility index (Phi) is 5.73. The molecule has 1 aliphatic heterocycles. The van der Waals surface area contributed by atoms with Crippen molar-refractivity contribution in [2.75, 3.05) is 20.3 Å². The van der Waals surface area contributed by atoms with Crippen molar-refractivity contribution >= 4 is 12.1 Å². The molecule has 0 spiro atoms.